The molecule has 1 fully saturated rings. The van der Waals surface area contributed by atoms with E-state index in [4.69, 9.17) is 4.98 Å². The number of aryl methyl sites for hydroxylation is 2. The number of hydrogen-bond acceptors (Lipinski definition) is 4. The molecule has 0 saturated carbocycles. The molecule has 0 bridgehead atoms. The molecule has 0 radical (unpaired) electrons. The lowest BCUT2D eigenvalue weighted by molar-refractivity contribution is 0.774. The number of anilines is 1. The number of benzene rings is 1. The summed E-state index contributed by atoms with van der Waals surface area (Å²) in [6.07, 6.45) is 9.21. The van der Waals surface area contributed by atoms with Crippen molar-refractivity contribution in [2.45, 2.75) is 40.0 Å². The highest BCUT2D eigenvalue weighted by atomic mass is 15.2. The van der Waals surface area contributed by atoms with Gasteiger partial charge in [0.1, 0.15) is 5.82 Å². The molecule has 4 rings (SSSR count). The quantitative estimate of drug-likeness (QED) is 0.707. The SMILES string of the molecule is CC(C)=Cc1ccc(-c2ncc(C)c(N3CCC(c4cn[nH]c4)C3)n2)cc1C. The van der Waals surface area contributed by atoms with Crippen molar-refractivity contribution in [1.82, 2.24) is 20.2 Å². The monoisotopic (exact) mass is 373 g/mol. The summed E-state index contributed by atoms with van der Waals surface area (Å²) in [5.41, 5.74) is 7.25. The highest BCUT2D eigenvalue weighted by Crippen LogP contribution is 2.32. The van der Waals surface area contributed by atoms with Gasteiger partial charge in [0, 0.05) is 42.5 Å². The molecule has 0 spiro atoms. The maximum absolute atomic E-state index is 4.95. The van der Waals surface area contributed by atoms with Gasteiger partial charge < -0.3 is 4.90 Å². The number of nitrogens with zero attached hydrogens (tertiary/aromatic N) is 4. The van der Waals surface area contributed by atoms with Crippen molar-refractivity contribution < 1.29 is 0 Å². The molecule has 1 aliphatic rings. The number of nitrogens with one attached hydrogen (secondary N) is 1. The van der Waals surface area contributed by atoms with Crippen molar-refractivity contribution in [3.8, 4) is 11.4 Å². The van der Waals surface area contributed by atoms with Crippen LogP contribution in [0.3, 0.4) is 0 Å². The van der Waals surface area contributed by atoms with Crippen molar-refractivity contribution in [2.24, 2.45) is 0 Å². The zero-order chi connectivity index (χ0) is 19.7. The predicted molar refractivity (Wildman–Crippen MR) is 114 cm³/mol. The van der Waals surface area contributed by atoms with E-state index in [0.29, 0.717) is 5.92 Å². The molecule has 1 unspecified atom stereocenters. The smallest absolute Gasteiger partial charge is 0.161 e. The van der Waals surface area contributed by atoms with Crippen molar-refractivity contribution >= 4 is 11.9 Å². The Morgan fingerprint density at radius 3 is 2.75 bits per heavy atom. The molecule has 0 amide bonds. The second-order valence-electron chi connectivity index (χ2n) is 7.96. The van der Waals surface area contributed by atoms with E-state index in [1.807, 2.05) is 18.6 Å². The average Bonchev–Trinajstić information content (AvgIpc) is 3.35. The van der Waals surface area contributed by atoms with E-state index in [0.717, 1.165) is 42.3 Å². The van der Waals surface area contributed by atoms with Crippen LogP contribution in [-0.2, 0) is 0 Å². The summed E-state index contributed by atoms with van der Waals surface area (Å²) in [5, 5.41) is 7.02. The number of H-pyrrole nitrogens is 1. The third-order valence-electron chi connectivity index (χ3n) is 5.40. The molecule has 1 aromatic carbocycles. The summed E-state index contributed by atoms with van der Waals surface area (Å²) in [6, 6.07) is 6.46. The average molecular weight is 374 g/mol. The standard InChI is InChI=1S/C23H27N5/c1-15(2)9-18-5-6-19(10-16(18)3)22-24-11-17(4)23(27-22)28-8-7-20(14-28)21-12-25-26-13-21/h5-6,9-13,20H,7-8,14H2,1-4H3,(H,25,26). The third-order valence-corrected chi connectivity index (χ3v) is 5.40. The van der Waals surface area contributed by atoms with Crippen LogP contribution in [0, 0.1) is 13.8 Å². The third kappa shape index (κ3) is 3.70. The van der Waals surface area contributed by atoms with E-state index in [2.05, 4.69) is 72.1 Å². The van der Waals surface area contributed by atoms with Crippen molar-refractivity contribution in [3.05, 3.63) is 64.6 Å². The van der Waals surface area contributed by atoms with Crippen LogP contribution >= 0.6 is 0 Å². The number of aromatic nitrogens is 4. The maximum Gasteiger partial charge on any atom is 0.161 e. The summed E-state index contributed by atoms with van der Waals surface area (Å²) < 4.78 is 0. The van der Waals surface area contributed by atoms with Crippen LogP contribution in [0.2, 0.25) is 0 Å². The van der Waals surface area contributed by atoms with Gasteiger partial charge in [-0.15, -0.1) is 0 Å². The van der Waals surface area contributed by atoms with Crippen molar-refractivity contribution in [3.63, 3.8) is 0 Å². The molecule has 0 aliphatic carbocycles. The Labute approximate surface area is 166 Å². The summed E-state index contributed by atoms with van der Waals surface area (Å²) in [5.74, 6) is 2.34. The van der Waals surface area contributed by atoms with Crippen LogP contribution in [0.15, 0.2) is 42.4 Å². The fourth-order valence-corrected chi connectivity index (χ4v) is 3.89. The summed E-state index contributed by atoms with van der Waals surface area (Å²) in [6.45, 7) is 10.4. The summed E-state index contributed by atoms with van der Waals surface area (Å²) >= 11 is 0. The molecule has 144 valence electrons. The zero-order valence-electron chi connectivity index (χ0n) is 17.0. The first kappa shape index (κ1) is 18.4. The molecular formula is C23H27N5. The van der Waals surface area contributed by atoms with E-state index < -0.39 is 0 Å². The van der Waals surface area contributed by atoms with E-state index in [9.17, 15) is 0 Å². The van der Waals surface area contributed by atoms with Crippen LogP contribution in [0.4, 0.5) is 5.82 Å². The van der Waals surface area contributed by atoms with E-state index >= 15 is 0 Å². The second kappa shape index (κ2) is 7.58. The van der Waals surface area contributed by atoms with Crippen LogP contribution in [0.25, 0.3) is 17.5 Å². The summed E-state index contributed by atoms with van der Waals surface area (Å²) in [7, 11) is 0. The molecule has 1 N–H and O–H groups in total. The Balaban J connectivity index is 1.61. The minimum Gasteiger partial charge on any atom is -0.356 e. The van der Waals surface area contributed by atoms with E-state index in [-0.39, 0.29) is 0 Å². The number of rotatable bonds is 4. The topological polar surface area (TPSA) is 57.7 Å². The lowest BCUT2D eigenvalue weighted by atomic mass is 10.0. The first-order chi connectivity index (χ1) is 13.5. The molecule has 5 heteroatoms. The highest BCUT2D eigenvalue weighted by Gasteiger charge is 2.26. The van der Waals surface area contributed by atoms with Gasteiger partial charge in [-0.2, -0.15) is 5.10 Å². The van der Waals surface area contributed by atoms with Crippen LogP contribution in [0.1, 0.15) is 48.4 Å². The first-order valence-electron chi connectivity index (χ1n) is 9.84. The van der Waals surface area contributed by atoms with Crippen molar-refractivity contribution in [1.29, 1.82) is 0 Å². The van der Waals surface area contributed by atoms with Crippen LogP contribution < -0.4 is 4.90 Å². The van der Waals surface area contributed by atoms with Gasteiger partial charge in [0.25, 0.3) is 0 Å². The second-order valence-corrected chi connectivity index (χ2v) is 7.96. The molecule has 5 nitrogen and oxygen atoms in total. The van der Waals surface area contributed by atoms with Gasteiger partial charge in [0.2, 0.25) is 0 Å². The first-order valence-corrected chi connectivity index (χ1v) is 9.84. The minimum atomic E-state index is 0.502. The fourth-order valence-electron chi connectivity index (χ4n) is 3.89. The number of allylic oxidation sites excluding steroid dienone is 1. The van der Waals surface area contributed by atoms with Gasteiger partial charge in [-0.05, 0) is 56.9 Å². The Morgan fingerprint density at radius 2 is 2.04 bits per heavy atom. The Bertz CT molecular complexity index is 1000. The zero-order valence-corrected chi connectivity index (χ0v) is 17.0. The van der Waals surface area contributed by atoms with Gasteiger partial charge in [0.05, 0.1) is 6.20 Å². The largest absolute Gasteiger partial charge is 0.356 e. The number of aromatic amines is 1. The fraction of sp³-hybridized carbons (Fsp3) is 0.348. The molecule has 1 aliphatic heterocycles. The molecule has 2 aromatic heterocycles. The highest BCUT2D eigenvalue weighted by molar-refractivity contribution is 5.65. The Hall–Kier alpha value is -2.95. The lowest BCUT2D eigenvalue weighted by Crippen LogP contribution is -2.22. The van der Waals surface area contributed by atoms with Gasteiger partial charge in [-0.1, -0.05) is 23.8 Å². The Morgan fingerprint density at radius 1 is 1.18 bits per heavy atom. The molecule has 3 aromatic rings. The molecular weight excluding hydrogens is 346 g/mol. The number of hydrogen-bond donors (Lipinski definition) is 1. The molecule has 3 heterocycles. The van der Waals surface area contributed by atoms with Gasteiger partial charge >= 0.3 is 0 Å². The molecule has 1 saturated heterocycles. The van der Waals surface area contributed by atoms with E-state index in [1.165, 1.54) is 22.3 Å². The van der Waals surface area contributed by atoms with E-state index in [1.54, 1.807) is 0 Å². The lowest BCUT2D eigenvalue weighted by Gasteiger charge is -2.20. The minimum absolute atomic E-state index is 0.502. The van der Waals surface area contributed by atoms with Gasteiger partial charge in [-0.25, -0.2) is 9.97 Å². The van der Waals surface area contributed by atoms with Gasteiger partial charge in [-0.3, -0.25) is 5.10 Å². The van der Waals surface area contributed by atoms with Crippen LogP contribution in [-0.4, -0.2) is 33.3 Å². The van der Waals surface area contributed by atoms with Crippen molar-refractivity contribution in [2.75, 3.05) is 18.0 Å². The van der Waals surface area contributed by atoms with Gasteiger partial charge in [0.15, 0.2) is 5.82 Å². The Kier molecular flexibility index (Phi) is 4.99. The molecule has 28 heavy (non-hydrogen) atoms. The molecule has 1 atom stereocenters. The summed E-state index contributed by atoms with van der Waals surface area (Å²) in [4.78, 5) is 11.9. The predicted octanol–water partition coefficient (Wildman–Crippen LogP) is 4.90. The van der Waals surface area contributed by atoms with Crippen LogP contribution in [0.5, 0.6) is 0 Å². The normalized spacial score (nSPS) is 16.4. The maximum atomic E-state index is 4.95.